The standard InChI is InChI=1S/C20H27N5/c1-21-20(23-14-18-10-5-6-12-22-18)24-15-19-11-7-13-25(19)16-17-8-3-2-4-9-17/h2-6,8-10,12,19H,7,11,13-16H2,1H3,(H2,21,23,24). The van der Waals surface area contributed by atoms with E-state index in [1.165, 1.54) is 24.9 Å². The summed E-state index contributed by atoms with van der Waals surface area (Å²) in [6, 6.07) is 17.2. The average Bonchev–Trinajstić information content (AvgIpc) is 3.10. The molecule has 132 valence electrons. The van der Waals surface area contributed by atoms with Gasteiger partial charge in [0.05, 0.1) is 12.2 Å². The fourth-order valence-electron chi connectivity index (χ4n) is 3.26. The van der Waals surface area contributed by atoms with Crippen molar-refractivity contribution in [3.63, 3.8) is 0 Å². The van der Waals surface area contributed by atoms with Crippen LogP contribution in [0, 0.1) is 0 Å². The second-order valence-electron chi connectivity index (χ2n) is 6.38. The van der Waals surface area contributed by atoms with Crippen molar-refractivity contribution in [3.8, 4) is 0 Å². The van der Waals surface area contributed by atoms with E-state index in [1.54, 1.807) is 0 Å². The van der Waals surface area contributed by atoms with Crippen molar-refractivity contribution in [1.29, 1.82) is 0 Å². The second kappa shape index (κ2) is 9.18. The van der Waals surface area contributed by atoms with Crippen LogP contribution in [0.5, 0.6) is 0 Å². The lowest BCUT2D eigenvalue weighted by atomic mass is 10.2. The van der Waals surface area contributed by atoms with Crippen molar-refractivity contribution >= 4 is 5.96 Å². The number of guanidine groups is 1. The predicted octanol–water partition coefficient (Wildman–Crippen LogP) is 2.41. The minimum atomic E-state index is 0.550. The maximum atomic E-state index is 4.33. The van der Waals surface area contributed by atoms with E-state index in [4.69, 9.17) is 0 Å². The smallest absolute Gasteiger partial charge is 0.191 e. The van der Waals surface area contributed by atoms with E-state index in [9.17, 15) is 0 Å². The Morgan fingerprint density at radius 3 is 2.76 bits per heavy atom. The number of likely N-dealkylation sites (tertiary alicyclic amines) is 1. The molecule has 2 N–H and O–H groups in total. The molecular formula is C20H27N5. The molecule has 5 heteroatoms. The largest absolute Gasteiger partial charge is 0.355 e. The molecule has 0 amide bonds. The first-order chi connectivity index (χ1) is 12.3. The highest BCUT2D eigenvalue weighted by Gasteiger charge is 2.24. The molecule has 1 fully saturated rings. The second-order valence-corrected chi connectivity index (χ2v) is 6.38. The van der Waals surface area contributed by atoms with Crippen LogP contribution < -0.4 is 10.6 Å². The molecule has 1 aromatic carbocycles. The maximum absolute atomic E-state index is 4.33. The van der Waals surface area contributed by atoms with E-state index in [0.717, 1.165) is 24.7 Å². The number of rotatable bonds is 6. The minimum absolute atomic E-state index is 0.550. The third-order valence-corrected chi connectivity index (χ3v) is 4.62. The van der Waals surface area contributed by atoms with Crippen LogP contribution in [0.15, 0.2) is 59.7 Å². The summed E-state index contributed by atoms with van der Waals surface area (Å²) in [5, 5.41) is 6.80. The average molecular weight is 337 g/mol. The molecule has 1 unspecified atom stereocenters. The first kappa shape index (κ1) is 17.4. The van der Waals surface area contributed by atoms with Crippen LogP contribution in [-0.4, -0.2) is 42.0 Å². The molecule has 0 aliphatic carbocycles. The van der Waals surface area contributed by atoms with Gasteiger partial charge in [0.15, 0.2) is 5.96 Å². The number of nitrogens with one attached hydrogen (secondary N) is 2. The Hall–Kier alpha value is -2.40. The summed E-state index contributed by atoms with van der Waals surface area (Å²) in [4.78, 5) is 11.2. The van der Waals surface area contributed by atoms with Crippen molar-refractivity contribution in [1.82, 2.24) is 20.5 Å². The normalized spacial score (nSPS) is 18.3. The third-order valence-electron chi connectivity index (χ3n) is 4.62. The highest BCUT2D eigenvalue weighted by molar-refractivity contribution is 5.79. The van der Waals surface area contributed by atoms with E-state index in [2.05, 4.69) is 55.8 Å². The van der Waals surface area contributed by atoms with Gasteiger partial charge in [0.25, 0.3) is 0 Å². The quantitative estimate of drug-likeness (QED) is 0.628. The van der Waals surface area contributed by atoms with Gasteiger partial charge in [-0.3, -0.25) is 14.9 Å². The molecule has 2 aromatic rings. The monoisotopic (exact) mass is 337 g/mol. The molecule has 25 heavy (non-hydrogen) atoms. The van der Waals surface area contributed by atoms with Gasteiger partial charge in [-0.15, -0.1) is 0 Å². The van der Waals surface area contributed by atoms with Crippen LogP contribution in [-0.2, 0) is 13.1 Å². The zero-order valence-corrected chi connectivity index (χ0v) is 14.9. The molecular weight excluding hydrogens is 310 g/mol. The molecule has 1 aliphatic rings. The number of hydrogen-bond donors (Lipinski definition) is 2. The fraction of sp³-hybridized carbons (Fsp3) is 0.400. The summed E-state index contributed by atoms with van der Waals surface area (Å²) in [5.41, 5.74) is 2.39. The van der Waals surface area contributed by atoms with E-state index >= 15 is 0 Å². The van der Waals surface area contributed by atoms with Gasteiger partial charge in [0, 0.05) is 32.4 Å². The van der Waals surface area contributed by atoms with Gasteiger partial charge in [-0.1, -0.05) is 36.4 Å². The number of aliphatic imine (C=N–C) groups is 1. The number of pyridine rings is 1. The fourth-order valence-corrected chi connectivity index (χ4v) is 3.26. The summed E-state index contributed by atoms with van der Waals surface area (Å²) in [7, 11) is 1.81. The molecule has 1 saturated heterocycles. The third kappa shape index (κ3) is 5.29. The van der Waals surface area contributed by atoms with Gasteiger partial charge >= 0.3 is 0 Å². The summed E-state index contributed by atoms with van der Waals surface area (Å²) in [6.07, 6.45) is 4.31. The van der Waals surface area contributed by atoms with Crippen molar-refractivity contribution in [2.45, 2.75) is 32.0 Å². The Kier molecular flexibility index (Phi) is 6.40. The first-order valence-electron chi connectivity index (χ1n) is 8.97. The molecule has 0 saturated carbocycles. The zero-order valence-electron chi connectivity index (χ0n) is 14.9. The van der Waals surface area contributed by atoms with Crippen molar-refractivity contribution in [2.24, 2.45) is 4.99 Å². The van der Waals surface area contributed by atoms with E-state index in [-0.39, 0.29) is 0 Å². The lowest BCUT2D eigenvalue weighted by molar-refractivity contribution is 0.245. The van der Waals surface area contributed by atoms with Gasteiger partial charge in [0.2, 0.25) is 0 Å². The SMILES string of the molecule is CN=C(NCc1ccccn1)NCC1CCCN1Cc1ccccc1. The van der Waals surface area contributed by atoms with Crippen LogP contribution in [0.4, 0.5) is 0 Å². The Morgan fingerprint density at radius 2 is 2.00 bits per heavy atom. The van der Waals surface area contributed by atoms with Crippen LogP contribution in [0.1, 0.15) is 24.1 Å². The van der Waals surface area contributed by atoms with E-state index in [1.807, 2.05) is 31.4 Å². The van der Waals surface area contributed by atoms with E-state index < -0.39 is 0 Å². The van der Waals surface area contributed by atoms with Crippen molar-refractivity contribution in [3.05, 3.63) is 66.0 Å². The van der Waals surface area contributed by atoms with Crippen LogP contribution in [0.3, 0.4) is 0 Å². The van der Waals surface area contributed by atoms with Gasteiger partial charge in [-0.05, 0) is 37.1 Å². The van der Waals surface area contributed by atoms with Gasteiger partial charge in [0.1, 0.15) is 0 Å². The zero-order chi connectivity index (χ0) is 17.3. The molecule has 1 aromatic heterocycles. The molecule has 0 spiro atoms. The number of hydrogen-bond acceptors (Lipinski definition) is 3. The molecule has 0 radical (unpaired) electrons. The van der Waals surface area contributed by atoms with E-state index in [0.29, 0.717) is 12.6 Å². The maximum Gasteiger partial charge on any atom is 0.191 e. The summed E-state index contributed by atoms with van der Waals surface area (Å²) in [6.45, 7) is 3.78. The minimum Gasteiger partial charge on any atom is -0.355 e. The van der Waals surface area contributed by atoms with Gasteiger partial charge in [-0.2, -0.15) is 0 Å². The number of benzene rings is 1. The number of aromatic nitrogens is 1. The molecule has 5 nitrogen and oxygen atoms in total. The molecule has 0 bridgehead atoms. The van der Waals surface area contributed by atoms with Gasteiger partial charge in [-0.25, -0.2) is 0 Å². The van der Waals surface area contributed by atoms with Gasteiger partial charge < -0.3 is 10.6 Å². The topological polar surface area (TPSA) is 52.6 Å². The van der Waals surface area contributed by atoms with Crippen LogP contribution in [0.2, 0.25) is 0 Å². The number of nitrogens with zero attached hydrogens (tertiary/aromatic N) is 3. The molecule has 1 atom stereocenters. The predicted molar refractivity (Wildman–Crippen MR) is 102 cm³/mol. The molecule has 3 rings (SSSR count). The molecule has 2 heterocycles. The van der Waals surface area contributed by atoms with Crippen molar-refractivity contribution in [2.75, 3.05) is 20.1 Å². The molecule has 1 aliphatic heterocycles. The lowest BCUT2D eigenvalue weighted by Crippen LogP contribution is -2.44. The van der Waals surface area contributed by atoms with Crippen LogP contribution >= 0.6 is 0 Å². The summed E-state index contributed by atoms with van der Waals surface area (Å²) in [5.74, 6) is 0.831. The summed E-state index contributed by atoms with van der Waals surface area (Å²) < 4.78 is 0. The Balaban J connectivity index is 1.47. The first-order valence-corrected chi connectivity index (χ1v) is 8.97. The highest BCUT2D eigenvalue weighted by Crippen LogP contribution is 2.19. The lowest BCUT2D eigenvalue weighted by Gasteiger charge is -2.25. The highest BCUT2D eigenvalue weighted by atomic mass is 15.2. The Bertz CT molecular complexity index is 656. The Morgan fingerprint density at radius 1 is 1.16 bits per heavy atom. The summed E-state index contributed by atoms with van der Waals surface area (Å²) >= 11 is 0. The Labute approximate surface area is 150 Å². The van der Waals surface area contributed by atoms with Crippen molar-refractivity contribution < 1.29 is 0 Å². The van der Waals surface area contributed by atoms with Crippen LogP contribution in [0.25, 0.3) is 0 Å².